The maximum absolute atomic E-state index is 12.1. The van der Waals surface area contributed by atoms with Gasteiger partial charge < -0.3 is 10.0 Å². The van der Waals surface area contributed by atoms with Crippen molar-refractivity contribution >= 4 is 17.3 Å². The highest BCUT2D eigenvalue weighted by atomic mass is 16.3. The number of ketones is 1. The lowest BCUT2D eigenvalue weighted by molar-refractivity contribution is -0.111. The molecule has 2 N–H and O–H groups in total. The summed E-state index contributed by atoms with van der Waals surface area (Å²) in [4.78, 5) is 16.3. The van der Waals surface area contributed by atoms with E-state index in [1.54, 1.807) is 6.92 Å². The molecule has 0 radical (unpaired) electrons. The molecule has 2 aromatic carbocycles. The van der Waals surface area contributed by atoms with Gasteiger partial charge in [0.2, 0.25) is 0 Å². The molecule has 0 amide bonds. The van der Waals surface area contributed by atoms with Crippen LogP contribution in [-0.4, -0.2) is 65.9 Å². The number of carbonyl (C=O) groups is 1. The van der Waals surface area contributed by atoms with Gasteiger partial charge in [0.15, 0.2) is 11.6 Å². The summed E-state index contributed by atoms with van der Waals surface area (Å²) in [6.45, 7) is 5.46. The third kappa shape index (κ3) is 5.15. The number of aliphatic hydroxyl groups excluding tert-OH is 1. The Morgan fingerprint density at radius 3 is 2.41 bits per heavy atom. The van der Waals surface area contributed by atoms with Crippen LogP contribution < -0.4 is 5.43 Å². The number of β-amino-alcohol motifs (C(OH)–C–C–N with tert-alkyl or cyclic N) is 1. The highest BCUT2D eigenvalue weighted by Gasteiger charge is 2.22. The topological polar surface area (TPSA) is 68.2 Å². The van der Waals surface area contributed by atoms with Crippen molar-refractivity contribution in [3.63, 3.8) is 0 Å². The van der Waals surface area contributed by atoms with Gasteiger partial charge >= 0.3 is 0 Å². The molecule has 0 unspecified atom stereocenters. The molecule has 0 aromatic heterocycles. The van der Waals surface area contributed by atoms with Gasteiger partial charge in [0.05, 0.1) is 12.3 Å². The number of hydrogen-bond donors (Lipinski definition) is 2. The van der Waals surface area contributed by atoms with E-state index in [0.717, 1.165) is 43.0 Å². The van der Waals surface area contributed by atoms with Crippen molar-refractivity contribution in [3.8, 4) is 11.1 Å². The fourth-order valence-electron chi connectivity index (χ4n) is 3.21. The quantitative estimate of drug-likeness (QED) is 0.466. The van der Waals surface area contributed by atoms with Gasteiger partial charge in [0.25, 0.3) is 0 Å². The van der Waals surface area contributed by atoms with Crippen LogP contribution in [-0.2, 0) is 4.79 Å². The van der Waals surface area contributed by atoms with Crippen LogP contribution >= 0.6 is 0 Å². The Bertz CT molecular complexity index is 784. The lowest BCUT2D eigenvalue weighted by Gasteiger charge is -2.35. The molecule has 0 saturated carbocycles. The van der Waals surface area contributed by atoms with Crippen LogP contribution in [0.15, 0.2) is 59.7 Å². The molecule has 142 valence electrons. The number of nitrogens with zero attached hydrogens (tertiary/aromatic N) is 3. The summed E-state index contributed by atoms with van der Waals surface area (Å²) in [7, 11) is 0. The number of amidine groups is 1. The summed E-state index contributed by atoms with van der Waals surface area (Å²) < 4.78 is 0. The first-order valence-electron chi connectivity index (χ1n) is 9.25. The second-order valence-electron chi connectivity index (χ2n) is 6.60. The van der Waals surface area contributed by atoms with Crippen LogP contribution in [0, 0.1) is 0 Å². The molecule has 0 spiro atoms. The first kappa shape index (κ1) is 19.1. The summed E-state index contributed by atoms with van der Waals surface area (Å²) in [6, 6.07) is 18.1. The predicted molar refractivity (Wildman–Crippen MR) is 109 cm³/mol. The molecular formula is C21H26N4O2. The van der Waals surface area contributed by atoms with E-state index in [2.05, 4.69) is 33.6 Å². The molecule has 1 heterocycles. The Kier molecular flexibility index (Phi) is 6.57. The number of rotatable bonds is 6. The first-order valence-corrected chi connectivity index (χ1v) is 9.25. The Labute approximate surface area is 160 Å². The standard InChI is InChI=1S/C21H26N4O2/c1-17(27)21(25-12-10-24(11-13-25)14-15-26)23-22-20-9-5-8-19(16-20)18-6-3-2-4-7-18/h2-9,16,22,26H,10-15H2,1H3. The van der Waals surface area contributed by atoms with Crippen LogP contribution in [0.5, 0.6) is 0 Å². The second-order valence-corrected chi connectivity index (χ2v) is 6.60. The van der Waals surface area contributed by atoms with Crippen molar-refractivity contribution in [2.45, 2.75) is 6.92 Å². The molecule has 2 aromatic rings. The van der Waals surface area contributed by atoms with E-state index < -0.39 is 0 Å². The lowest BCUT2D eigenvalue weighted by atomic mass is 10.1. The molecule has 0 aliphatic carbocycles. The third-order valence-electron chi connectivity index (χ3n) is 4.66. The third-order valence-corrected chi connectivity index (χ3v) is 4.66. The van der Waals surface area contributed by atoms with Crippen molar-refractivity contribution in [1.29, 1.82) is 0 Å². The van der Waals surface area contributed by atoms with Crippen LogP contribution in [0.1, 0.15) is 6.92 Å². The average molecular weight is 366 g/mol. The van der Waals surface area contributed by atoms with Crippen LogP contribution in [0.3, 0.4) is 0 Å². The van der Waals surface area contributed by atoms with E-state index in [0.29, 0.717) is 12.4 Å². The van der Waals surface area contributed by atoms with Crippen molar-refractivity contribution < 1.29 is 9.90 Å². The monoisotopic (exact) mass is 366 g/mol. The lowest BCUT2D eigenvalue weighted by Crippen LogP contribution is -2.51. The molecule has 27 heavy (non-hydrogen) atoms. The van der Waals surface area contributed by atoms with E-state index in [4.69, 9.17) is 5.11 Å². The SMILES string of the molecule is CC(=O)C(=NNc1cccc(-c2ccccc2)c1)N1CCN(CCO)CC1. The minimum absolute atomic E-state index is 0.0580. The van der Waals surface area contributed by atoms with Crippen LogP contribution in [0.4, 0.5) is 5.69 Å². The number of Topliss-reactive ketones (excluding diaryl/α,β-unsaturated/α-hetero) is 1. The summed E-state index contributed by atoms with van der Waals surface area (Å²) >= 11 is 0. The van der Waals surface area contributed by atoms with E-state index in [9.17, 15) is 4.79 Å². The number of benzene rings is 2. The largest absolute Gasteiger partial charge is 0.395 e. The second kappa shape index (κ2) is 9.30. The molecule has 1 saturated heterocycles. The van der Waals surface area contributed by atoms with Crippen molar-refractivity contribution in [2.24, 2.45) is 5.10 Å². The van der Waals surface area contributed by atoms with Crippen LogP contribution in [0.2, 0.25) is 0 Å². The van der Waals surface area contributed by atoms with Gasteiger partial charge in [0.1, 0.15) is 0 Å². The molecule has 1 aliphatic rings. The molecular weight excluding hydrogens is 340 g/mol. The maximum Gasteiger partial charge on any atom is 0.196 e. The Morgan fingerprint density at radius 2 is 1.74 bits per heavy atom. The fourth-order valence-corrected chi connectivity index (χ4v) is 3.21. The number of aliphatic hydroxyl groups is 1. The maximum atomic E-state index is 12.1. The number of hydrogen-bond acceptors (Lipinski definition) is 5. The smallest absolute Gasteiger partial charge is 0.196 e. The van der Waals surface area contributed by atoms with Gasteiger partial charge in [-0.1, -0.05) is 42.5 Å². The highest BCUT2D eigenvalue weighted by molar-refractivity contribution is 6.37. The normalized spacial score (nSPS) is 15.6. The number of carbonyl (C=O) groups excluding carboxylic acids is 1. The van der Waals surface area contributed by atoms with Gasteiger partial charge in [-0.25, -0.2) is 0 Å². The molecule has 1 aliphatic heterocycles. The first-order chi connectivity index (χ1) is 13.2. The zero-order valence-corrected chi connectivity index (χ0v) is 15.6. The Morgan fingerprint density at radius 1 is 1.04 bits per heavy atom. The van der Waals surface area contributed by atoms with Gasteiger partial charge in [-0.15, -0.1) is 0 Å². The fraction of sp³-hybridized carbons (Fsp3) is 0.333. The number of piperazine rings is 1. The molecule has 6 nitrogen and oxygen atoms in total. The summed E-state index contributed by atoms with van der Waals surface area (Å²) in [5.41, 5.74) is 6.11. The van der Waals surface area contributed by atoms with Crippen molar-refractivity contribution in [3.05, 3.63) is 54.6 Å². The summed E-state index contributed by atoms with van der Waals surface area (Å²) in [5.74, 6) is 0.390. The molecule has 3 rings (SSSR count). The van der Waals surface area contributed by atoms with E-state index in [1.165, 1.54) is 0 Å². The van der Waals surface area contributed by atoms with Crippen LogP contribution in [0.25, 0.3) is 11.1 Å². The summed E-state index contributed by atoms with van der Waals surface area (Å²) in [5, 5.41) is 13.5. The van der Waals surface area contributed by atoms with E-state index in [-0.39, 0.29) is 12.4 Å². The average Bonchev–Trinajstić information content (AvgIpc) is 2.70. The number of nitrogens with one attached hydrogen (secondary N) is 1. The molecule has 6 heteroatoms. The predicted octanol–water partition coefficient (Wildman–Crippen LogP) is 2.28. The number of anilines is 1. The zero-order valence-electron chi connectivity index (χ0n) is 15.6. The van der Waals surface area contributed by atoms with Crippen molar-refractivity contribution in [2.75, 3.05) is 44.8 Å². The van der Waals surface area contributed by atoms with Gasteiger partial charge in [-0.3, -0.25) is 15.1 Å². The van der Waals surface area contributed by atoms with Gasteiger partial charge in [-0.2, -0.15) is 5.10 Å². The molecule has 0 bridgehead atoms. The van der Waals surface area contributed by atoms with Crippen molar-refractivity contribution in [1.82, 2.24) is 9.80 Å². The summed E-state index contributed by atoms with van der Waals surface area (Å²) in [6.07, 6.45) is 0. The minimum atomic E-state index is -0.0580. The molecule has 1 fully saturated rings. The van der Waals surface area contributed by atoms with Gasteiger partial charge in [-0.05, 0) is 23.3 Å². The number of hydrazone groups is 1. The zero-order chi connectivity index (χ0) is 19.1. The van der Waals surface area contributed by atoms with E-state index >= 15 is 0 Å². The Hall–Kier alpha value is -2.70. The molecule has 0 atom stereocenters. The highest BCUT2D eigenvalue weighted by Crippen LogP contribution is 2.22. The minimum Gasteiger partial charge on any atom is -0.395 e. The van der Waals surface area contributed by atoms with E-state index in [1.807, 2.05) is 41.3 Å². The Balaban J connectivity index is 1.70. The van der Waals surface area contributed by atoms with Gasteiger partial charge in [0, 0.05) is 39.6 Å².